The molecule has 0 fully saturated rings. The van der Waals surface area contributed by atoms with Crippen LogP contribution in [-0.2, 0) is 18.6 Å². The first kappa shape index (κ1) is 22.9. The fourth-order valence-corrected chi connectivity index (χ4v) is 5.23. The van der Waals surface area contributed by atoms with Crippen molar-refractivity contribution in [2.24, 2.45) is 0 Å². The van der Waals surface area contributed by atoms with Crippen molar-refractivity contribution in [3.05, 3.63) is 59.3 Å². The molecule has 9 heteroatoms. The Bertz CT molecular complexity index is 1460. The average Bonchev–Trinajstić information content (AvgIpc) is 3.14. The number of hydrogen-bond donors (Lipinski definition) is 2. The normalized spacial score (nSPS) is 19.9. The van der Waals surface area contributed by atoms with Gasteiger partial charge in [0.1, 0.15) is 11.6 Å². The number of pyridine rings is 2. The minimum atomic E-state index is -1.08. The molecule has 0 saturated heterocycles. The number of fused-ring (bicyclic) bond motifs is 3. The summed E-state index contributed by atoms with van der Waals surface area (Å²) in [7, 11) is 2.12. The van der Waals surface area contributed by atoms with E-state index >= 15 is 4.39 Å². The molecule has 5 heterocycles. The Balaban J connectivity index is 1.36. The van der Waals surface area contributed by atoms with Gasteiger partial charge in [0.15, 0.2) is 5.82 Å². The minimum Gasteiger partial charge on any atom is -0.477 e. The van der Waals surface area contributed by atoms with Gasteiger partial charge in [0.25, 0.3) is 0 Å². The molecule has 1 aromatic carbocycles. The van der Waals surface area contributed by atoms with Crippen LogP contribution >= 0.6 is 0 Å². The van der Waals surface area contributed by atoms with Crippen LogP contribution in [0.5, 0.6) is 5.88 Å². The van der Waals surface area contributed by atoms with Gasteiger partial charge in [0.2, 0.25) is 5.88 Å². The van der Waals surface area contributed by atoms with E-state index in [1.165, 1.54) is 11.8 Å². The number of nitrogens with one attached hydrogen (secondary N) is 1. The first-order valence-electron chi connectivity index (χ1n) is 12.3. The van der Waals surface area contributed by atoms with E-state index in [2.05, 4.69) is 33.3 Å². The number of benzene rings is 1. The zero-order valence-electron chi connectivity index (χ0n) is 20.7. The summed E-state index contributed by atoms with van der Waals surface area (Å²) in [4.78, 5) is 11.2. The Morgan fingerprint density at radius 3 is 2.75 bits per heavy atom. The van der Waals surface area contributed by atoms with E-state index < -0.39 is 5.60 Å². The fraction of sp³-hybridized carbons (Fsp3) is 0.370. The van der Waals surface area contributed by atoms with Crippen molar-refractivity contribution in [3.8, 4) is 17.0 Å². The third-order valence-corrected chi connectivity index (χ3v) is 7.33. The molecule has 1 atom stereocenters. The fourth-order valence-electron chi connectivity index (χ4n) is 5.23. The SMILES string of the molecule is Cc1c(-c2cc3cc(Nc4cc5n(n4)CCN(C)CC5)ncc3cc2F)cnc2c1C(C)(O)CCO2. The lowest BCUT2D eigenvalue weighted by atomic mass is 9.85. The smallest absolute Gasteiger partial charge is 0.219 e. The van der Waals surface area contributed by atoms with Crippen LogP contribution in [0.3, 0.4) is 0 Å². The van der Waals surface area contributed by atoms with Crippen molar-refractivity contribution in [1.82, 2.24) is 24.6 Å². The predicted octanol–water partition coefficient (Wildman–Crippen LogP) is 4.16. The Kier molecular flexibility index (Phi) is 5.42. The van der Waals surface area contributed by atoms with E-state index in [4.69, 9.17) is 9.84 Å². The van der Waals surface area contributed by atoms with Crippen molar-refractivity contribution in [3.63, 3.8) is 0 Å². The van der Waals surface area contributed by atoms with Crippen LogP contribution in [0, 0.1) is 12.7 Å². The average molecular weight is 489 g/mol. The highest BCUT2D eigenvalue weighted by atomic mass is 19.1. The molecule has 3 aromatic heterocycles. The zero-order valence-corrected chi connectivity index (χ0v) is 20.7. The number of aromatic nitrogens is 4. The summed E-state index contributed by atoms with van der Waals surface area (Å²) in [6.07, 6.45) is 4.69. The number of aliphatic hydroxyl groups is 1. The van der Waals surface area contributed by atoms with E-state index in [1.54, 1.807) is 19.3 Å². The van der Waals surface area contributed by atoms with Gasteiger partial charge in [0, 0.05) is 72.2 Å². The molecule has 0 spiro atoms. The molecular formula is C27H29FN6O2. The van der Waals surface area contributed by atoms with Gasteiger partial charge in [-0.15, -0.1) is 0 Å². The van der Waals surface area contributed by atoms with Crippen LogP contribution in [0.2, 0.25) is 0 Å². The summed E-state index contributed by atoms with van der Waals surface area (Å²) in [5.41, 5.74) is 2.56. The van der Waals surface area contributed by atoms with E-state index in [9.17, 15) is 5.11 Å². The van der Waals surface area contributed by atoms with Gasteiger partial charge in [-0.05, 0) is 50.0 Å². The number of halogens is 1. The third-order valence-electron chi connectivity index (χ3n) is 7.33. The maximum absolute atomic E-state index is 15.3. The molecule has 36 heavy (non-hydrogen) atoms. The summed E-state index contributed by atoms with van der Waals surface area (Å²) in [5, 5.41) is 20.5. The molecule has 0 bridgehead atoms. The van der Waals surface area contributed by atoms with Crippen LogP contribution in [0.15, 0.2) is 36.7 Å². The van der Waals surface area contributed by atoms with Crippen LogP contribution in [0.1, 0.15) is 30.2 Å². The second kappa shape index (κ2) is 8.53. The number of anilines is 2. The van der Waals surface area contributed by atoms with Crippen LogP contribution in [0.25, 0.3) is 21.9 Å². The van der Waals surface area contributed by atoms with Crippen molar-refractivity contribution in [1.29, 1.82) is 0 Å². The second-order valence-corrected chi connectivity index (χ2v) is 10.0. The highest BCUT2D eigenvalue weighted by molar-refractivity contribution is 5.89. The van der Waals surface area contributed by atoms with E-state index in [0.29, 0.717) is 46.8 Å². The van der Waals surface area contributed by atoms with E-state index in [1.807, 2.05) is 23.7 Å². The molecule has 2 N–H and O–H groups in total. The van der Waals surface area contributed by atoms with Gasteiger partial charge in [0.05, 0.1) is 18.8 Å². The largest absolute Gasteiger partial charge is 0.477 e. The minimum absolute atomic E-state index is 0.367. The van der Waals surface area contributed by atoms with Crippen molar-refractivity contribution in [2.45, 2.75) is 38.8 Å². The lowest BCUT2D eigenvalue weighted by molar-refractivity contribution is 0.0121. The second-order valence-electron chi connectivity index (χ2n) is 10.0. The molecule has 1 unspecified atom stereocenters. The molecule has 186 valence electrons. The van der Waals surface area contributed by atoms with Gasteiger partial charge in [-0.1, -0.05) is 0 Å². The molecular weight excluding hydrogens is 459 g/mol. The van der Waals surface area contributed by atoms with Crippen molar-refractivity contribution < 1.29 is 14.2 Å². The zero-order chi connectivity index (χ0) is 25.0. The number of likely N-dealkylation sites (N-methyl/N-ethyl adjacent to an activating group) is 1. The van der Waals surface area contributed by atoms with Gasteiger partial charge in [-0.3, -0.25) is 4.68 Å². The molecule has 2 aliphatic heterocycles. The number of rotatable bonds is 3. The van der Waals surface area contributed by atoms with E-state index in [-0.39, 0.29) is 5.82 Å². The quantitative estimate of drug-likeness (QED) is 0.448. The molecule has 0 amide bonds. The van der Waals surface area contributed by atoms with Gasteiger partial charge >= 0.3 is 0 Å². The molecule has 4 aromatic rings. The molecule has 0 saturated carbocycles. The van der Waals surface area contributed by atoms with Gasteiger partial charge in [-0.2, -0.15) is 5.10 Å². The van der Waals surface area contributed by atoms with Gasteiger partial charge < -0.3 is 20.1 Å². The lowest BCUT2D eigenvalue weighted by Gasteiger charge is -2.32. The predicted molar refractivity (Wildman–Crippen MR) is 136 cm³/mol. The summed E-state index contributed by atoms with van der Waals surface area (Å²) < 4.78 is 23.0. The highest BCUT2D eigenvalue weighted by Crippen LogP contribution is 2.42. The lowest BCUT2D eigenvalue weighted by Crippen LogP contribution is -2.31. The number of hydrogen-bond acceptors (Lipinski definition) is 7. The Morgan fingerprint density at radius 1 is 1.03 bits per heavy atom. The van der Waals surface area contributed by atoms with Crippen LogP contribution < -0.4 is 10.1 Å². The Labute approximate surface area is 208 Å². The Hall–Kier alpha value is -3.56. The molecule has 8 nitrogen and oxygen atoms in total. The standard InChI is InChI=1S/C27H29FN6O2/c1-16-21(15-30-26-25(16)27(2,35)5-9-36-26)20-10-17-12-23(29-14-18(17)11-22(20)28)31-24-13-19-4-6-33(3)7-8-34(19)32-24/h10-15,35H,4-9H2,1-3H3,(H,29,31,32). The maximum atomic E-state index is 15.3. The first-order valence-corrected chi connectivity index (χ1v) is 12.3. The monoisotopic (exact) mass is 488 g/mol. The topological polar surface area (TPSA) is 88.3 Å². The summed E-state index contributed by atoms with van der Waals surface area (Å²) in [6.45, 7) is 6.86. The third kappa shape index (κ3) is 3.98. The maximum Gasteiger partial charge on any atom is 0.219 e. The summed E-state index contributed by atoms with van der Waals surface area (Å²) in [5.74, 6) is 1.44. The van der Waals surface area contributed by atoms with Gasteiger partial charge in [-0.25, -0.2) is 14.4 Å². The van der Waals surface area contributed by atoms with Crippen molar-refractivity contribution >= 4 is 22.4 Å². The van der Waals surface area contributed by atoms with E-state index in [0.717, 1.165) is 42.8 Å². The highest BCUT2D eigenvalue weighted by Gasteiger charge is 2.35. The molecule has 2 aliphatic rings. The molecule has 6 rings (SSSR count). The number of ether oxygens (including phenoxy) is 1. The number of nitrogens with zero attached hydrogens (tertiary/aromatic N) is 5. The molecule has 0 radical (unpaired) electrons. The first-order chi connectivity index (χ1) is 17.3. The molecule has 0 aliphatic carbocycles. The summed E-state index contributed by atoms with van der Waals surface area (Å²) >= 11 is 0. The van der Waals surface area contributed by atoms with Crippen LogP contribution in [0.4, 0.5) is 16.0 Å². The van der Waals surface area contributed by atoms with Crippen molar-refractivity contribution in [2.75, 3.05) is 32.1 Å². The summed E-state index contributed by atoms with van der Waals surface area (Å²) in [6, 6.07) is 7.27. The van der Waals surface area contributed by atoms with Crippen LogP contribution in [-0.4, -0.2) is 56.5 Å². The Morgan fingerprint density at radius 2 is 1.89 bits per heavy atom.